The third-order valence-corrected chi connectivity index (χ3v) is 16.0. The molecule has 0 aliphatic rings. The van der Waals surface area contributed by atoms with Crippen molar-refractivity contribution in [2.45, 2.75) is 318 Å². The molecule has 12 heteroatoms. The third kappa shape index (κ3) is 52.3. The average Bonchev–Trinajstić information content (AvgIpc) is 3.44. The zero-order valence-electron chi connectivity index (χ0n) is 53.7. The fraction of sp³-hybridized carbons (Fsp3) is 0.940. The van der Waals surface area contributed by atoms with Gasteiger partial charge in [-0.25, -0.2) is 0 Å². The Hall–Kier alpha value is -2.28. The SMILES string of the molecule is CCCCCCCCCCOC(=O)CCN(CCCN(CCN(CCCN(CCC(=O)OCCCCCCCCCC)CCC(=O)OCCCCCCCCCC)C(C)CC)C(C)C)CCC(=O)OCCCCCCCCCC. The van der Waals surface area contributed by atoms with Crippen LogP contribution in [-0.2, 0) is 38.1 Å². The summed E-state index contributed by atoms with van der Waals surface area (Å²) < 4.78 is 22.7. The summed E-state index contributed by atoms with van der Waals surface area (Å²) in [5.74, 6) is -0.606. The summed E-state index contributed by atoms with van der Waals surface area (Å²) in [6, 6.07) is 0.784. The van der Waals surface area contributed by atoms with Gasteiger partial charge in [0.05, 0.1) is 52.1 Å². The molecule has 0 N–H and O–H groups in total. The van der Waals surface area contributed by atoms with Crippen molar-refractivity contribution >= 4 is 23.9 Å². The molecule has 468 valence electrons. The van der Waals surface area contributed by atoms with E-state index in [0.717, 1.165) is 110 Å². The van der Waals surface area contributed by atoms with Crippen molar-refractivity contribution in [3.8, 4) is 0 Å². The summed E-state index contributed by atoms with van der Waals surface area (Å²) in [4.78, 5) is 61.4. The molecule has 0 aliphatic heterocycles. The van der Waals surface area contributed by atoms with Crippen LogP contribution in [0.25, 0.3) is 0 Å². The second-order valence-electron chi connectivity index (χ2n) is 23.6. The van der Waals surface area contributed by atoms with Crippen LogP contribution in [0.5, 0.6) is 0 Å². The molecule has 0 saturated carbocycles. The topological polar surface area (TPSA) is 118 Å². The quantitative estimate of drug-likeness (QED) is 0.0328. The molecule has 79 heavy (non-hydrogen) atoms. The molecule has 0 fully saturated rings. The largest absolute Gasteiger partial charge is 0.466 e. The van der Waals surface area contributed by atoms with E-state index in [1.165, 1.54) is 154 Å². The van der Waals surface area contributed by atoms with Crippen LogP contribution >= 0.6 is 0 Å². The molecule has 0 bridgehead atoms. The van der Waals surface area contributed by atoms with Gasteiger partial charge in [0.1, 0.15) is 0 Å². The predicted octanol–water partition coefficient (Wildman–Crippen LogP) is 16.5. The molecular formula is C67H132N4O8. The van der Waals surface area contributed by atoms with Gasteiger partial charge in [-0.1, -0.05) is 214 Å². The maximum absolute atomic E-state index is 12.9. The highest BCUT2D eigenvalue weighted by Gasteiger charge is 2.19. The van der Waals surface area contributed by atoms with Gasteiger partial charge in [0, 0.05) is 51.4 Å². The summed E-state index contributed by atoms with van der Waals surface area (Å²) in [7, 11) is 0. The summed E-state index contributed by atoms with van der Waals surface area (Å²) in [5.41, 5.74) is 0. The molecule has 0 aliphatic carbocycles. The first-order valence-electron chi connectivity index (χ1n) is 34.1. The molecule has 1 atom stereocenters. The Balaban J connectivity index is 5.43. The Morgan fingerprint density at radius 2 is 0.519 bits per heavy atom. The Bertz CT molecular complexity index is 1280. The van der Waals surface area contributed by atoms with Gasteiger partial charge in [0.2, 0.25) is 0 Å². The molecule has 12 nitrogen and oxygen atoms in total. The van der Waals surface area contributed by atoms with Gasteiger partial charge in [0.15, 0.2) is 0 Å². The maximum atomic E-state index is 12.9. The number of unbranched alkanes of at least 4 members (excludes halogenated alkanes) is 28. The smallest absolute Gasteiger partial charge is 0.307 e. The van der Waals surface area contributed by atoms with Gasteiger partial charge in [-0.3, -0.25) is 29.0 Å². The van der Waals surface area contributed by atoms with Gasteiger partial charge >= 0.3 is 23.9 Å². The zero-order chi connectivity index (χ0) is 58.1. The first kappa shape index (κ1) is 76.7. The average molecular weight is 1120 g/mol. The van der Waals surface area contributed by atoms with E-state index >= 15 is 0 Å². The third-order valence-electron chi connectivity index (χ3n) is 16.0. The Kier molecular flexibility index (Phi) is 57.2. The van der Waals surface area contributed by atoms with Gasteiger partial charge in [-0.15, -0.1) is 0 Å². The molecule has 0 aromatic heterocycles. The zero-order valence-corrected chi connectivity index (χ0v) is 53.7. The highest BCUT2D eigenvalue weighted by Crippen LogP contribution is 2.14. The molecule has 0 aromatic carbocycles. The number of rotatable bonds is 62. The van der Waals surface area contributed by atoms with Crippen LogP contribution in [-0.4, -0.2) is 147 Å². The van der Waals surface area contributed by atoms with E-state index < -0.39 is 0 Å². The van der Waals surface area contributed by atoms with Gasteiger partial charge in [-0.05, 0) is 91.9 Å². The number of ether oxygens (including phenoxy) is 4. The predicted molar refractivity (Wildman–Crippen MR) is 333 cm³/mol. The molecule has 0 spiro atoms. The van der Waals surface area contributed by atoms with Crippen LogP contribution in [0.15, 0.2) is 0 Å². The van der Waals surface area contributed by atoms with Crippen LogP contribution in [0.1, 0.15) is 306 Å². The lowest BCUT2D eigenvalue weighted by molar-refractivity contribution is -0.146. The summed E-state index contributed by atoms with van der Waals surface area (Å²) >= 11 is 0. The molecule has 1 unspecified atom stereocenters. The lowest BCUT2D eigenvalue weighted by atomic mass is 10.1. The summed E-state index contributed by atoms with van der Waals surface area (Å²) in [6.45, 7) is 27.7. The number of carbonyl (C=O) groups is 4. The van der Waals surface area contributed by atoms with Crippen LogP contribution in [0.4, 0.5) is 0 Å². The molecule has 0 amide bonds. The van der Waals surface area contributed by atoms with Crippen molar-refractivity contribution in [2.24, 2.45) is 0 Å². The second-order valence-corrected chi connectivity index (χ2v) is 23.6. The molecule has 0 aromatic rings. The number of hydrogen-bond donors (Lipinski definition) is 0. The number of carbonyl (C=O) groups excluding carboxylic acids is 4. The van der Waals surface area contributed by atoms with E-state index in [2.05, 4.69) is 75.0 Å². The van der Waals surface area contributed by atoms with E-state index in [0.29, 0.717) is 90.4 Å². The molecule has 0 saturated heterocycles. The minimum atomic E-state index is -0.152. The first-order chi connectivity index (χ1) is 38.5. The second kappa shape index (κ2) is 58.9. The molecule has 0 radical (unpaired) electrons. The summed E-state index contributed by atoms with van der Waals surface area (Å²) in [6.07, 6.45) is 42.9. The molecular weight excluding hydrogens is 989 g/mol. The van der Waals surface area contributed by atoms with E-state index in [1.807, 2.05) is 0 Å². The standard InChI is InChI=1S/C67H132N4O8/c1-9-14-18-22-26-30-34-38-58-76-64(72)44-52-68(53-45-65(73)77-59-39-35-31-27-23-19-15-10-2)48-42-50-70(62(6)7)56-57-71(63(8)13-5)51-43-49-69(54-46-66(74)78-60-40-36-32-28-24-20-16-11-3)55-47-67(75)79-61-41-37-33-29-25-21-17-12-4/h62-63H,9-61H2,1-8H3. The van der Waals surface area contributed by atoms with E-state index in [9.17, 15) is 19.2 Å². The Labute approximate surface area is 489 Å². The van der Waals surface area contributed by atoms with Crippen molar-refractivity contribution in [1.29, 1.82) is 0 Å². The maximum Gasteiger partial charge on any atom is 0.307 e. The summed E-state index contributed by atoms with van der Waals surface area (Å²) in [5, 5.41) is 0. The van der Waals surface area contributed by atoms with E-state index in [4.69, 9.17) is 18.9 Å². The minimum Gasteiger partial charge on any atom is -0.466 e. The monoisotopic (exact) mass is 1120 g/mol. The fourth-order valence-corrected chi connectivity index (χ4v) is 10.3. The highest BCUT2D eigenvalue weighted by molar-refractivity contribution is 5.71. The van der Waals surface area contributed by atoms with Gasteiger partial charge in [-0.2, -0.15) is 0 Å². The molecule has 0 heterocycles. The van der Waals surface area contributed by atoms with Gasteiger partial charge < -0.3 is 28.7 Å². The lowest BCUT2D eigenvalue weighted by Gasteiger charge is -2.34. The Morgan fingerprint density at radius 3 is 0.772 bits per heavy atom. The van der Waals surface area contributed by atoms with Crippen molar-refractivity contribution in [2.75, 3.05) is 91.9 Å². The minimum absolute atomic E-state index is 0.151. The van der Waals surface area contributed by atoms with Crippen LogP contribution in [0.2, 0.25) is 0 Å². The normalized spacial score (nSPS) is 12.2. The van der Waals surface area contributed by atoms with Crippen molar-refractivity contribution in [1.82, 2.24) is 19.6 Å². The lowest BCUT2D eigenvalue weighted by Crippen LogP contribution is -2.44. The van der Waals surface area contributed by atoms with Crippen LogP contribution in [0.3, 0.4) is 0 Å². The fourth-order valence-electron chi connectivity index (χ4n) is 10.3. The first-order valence-corrected chi connectivity index (χ1v) is 34.1. The van der Waals surface area contributed by atoms with Crippen molar-refractivity contribution in [3.05, 3.63) is 0 Å². The number of nitrogens with zero attached hydrogens (tertiary/aromatic N) is 4. The van der Waals surface area contributed by atoms with Crippen molar-refractivity contribution < 1.29 is 38.1 Å². The highest BCUT2D eigenvalue weighted by atomic mass is 16.5. The van der Waals surface area contributed by atoms with Crippen LogP contribution in [0, 0.1) is 0 Å². The van der Waals surface area contributed by atoms with Gasteiger partial charge in [0.25, 0.3) is 0 Å². The molecule has 0 rings (SSSR count). The van der Waals surface area contributed by atoms with Crippen LogP contribution < -0.4 is 0 Å². The van der Waals surface area contributed by atoms with Crippen molar-refractivity contribution in [3.63, 3.8) is 0 Å². The Morgan fingerprint density at radius 1 is 0.278 bits per heavy atom. The number of hydrogen-bond acceptors (Lipinski definition) is 12. The van der Waals surface area contributed by atoms with E-state index in [-0.39, 0.29) is 23.9 Å². The number of esters is 4. The van der Waals surface area contributed by atoms with E-state index in [1.54, 1.807) is 0 Å².